The van der Waals surface area contributed by atoms with E-state index in [1.165, 1.54) is 5.56 Å². The van der Waals surface area contributed by atoms with Gasteiger partial charge in [0.05, 0.1) is 5.60 Å². The van der Waals surface area contributed by atoms with Gasteiger partial charge in [-0.3, -0.25) is 9.59 Å². The van der Waals surface area contributed by atoms with Crippen molar-refractivity contribution in [3.8, 4) is 0 Å². The van der Waals surface area contributed by atoms with Crippen LogP contribution < -0.4 is 10.6 Å². The molecule has 0 aromatic heterocycles. The van der Waals surface area contributed by atoms with E-state index in [1.807, 2.05) is 12.1 Å². The first-order valence-corrected chi connectivity index (χ1v) is 8.31. The maximum atomic E-state index is 11.9. The van der Waals surface area contributed by atoms with Crippen molar-refractivity contribution in [2.75, 3.05) is 11.9 Å². The number of benzene rings is 1. The minimum atomic E-state index is -0.868. The molecule has 0 atom stereocenters. The highest BCUT2D eigenvalue weighted by atomic mass is 16.3. The Kier molecular flexibility index (Phi) is 5.77. The lowest BCUT2D eigenvalue weighted by atomic mass is 9.85. The van der Waals surface area contributed by atoms with Gasteiger partial charge in [-0.2, -0.15) is 0 Å². The maximum absolute atomic E-state index is 11.9. The molecule has 5 nitrogen and oxygen atoms in total. The van der Waals surface area contributed by atoms with Gasteiger partial charge in [-0.15, -0.1) is 0 Å². The molecule has 0 heterocycles. The van der Waals surface area contributed by atoms with Crippen molar-refractivity contribution in [3.63, 3.8) is 0 Å². The van der Waals surface area contributed by atoms with Crippen LogP contribution in [0.25, 0.3) is 0 Å². The van der Waals surface area contributed by atoms with E-state index in [9.17, 15) is 14.7 Å². The first-order valence-electron chi connectivity index (χ1n) is 8.31. The summed E-state index contributed by atoms with van der Waals surface area (Å²) in [6.07, 6.45) is 4.38. The van der Waals surface area contributed by atoms with Crippen molar-refractivity contribution in [2.24, 2.45) is 0 Å². The first-order chi connectivity index (χ1) is 10.9. The number of carbonyl (C=O) groups excluding carboxylic acids is 2. The van der Waals surface area contributed by atoms with Crippen LogP contribution >= 0.6 is 0 Å². The summed E-state index contributed by atoms with van der Waals surface area (Å²) in [4.78, 5) is 23.8. The van der Waals surface area contributed by atoms with Crippen LogP contribution in [0.3, 0.4) is 0 Å². The van der Waals surface area contributed by atoms with Crippen LogP contribution in [0.2, 0.25) is 0 Å². The number of hydrogen-bond acceptors (Lipinski definition) is 3. The summed E-state index contributed by atoms with van der Waals surface area (Å²) < 4.78 is 0. The third kappa shape index (κ3) is 5.06. The zero-order valence-corrected chi connectivity index (χ0v) is 13.9. The summed E-state index contributed by atoms with van der Waals surface area (Å²) in [7, 11) is 0. The van der Waals surface area contributed by atoms with E-state index in [4.69, 9.17) is 0 Å². The Balaban J connectivity index is 1.83. The molecule has 1 fully saturated rings. The van der Waals surface area contributed by atoms with Gasteiger partial charge >= 0.3 is 11.8 Å². The van der Waals surface area contributed by atoms with E-state index >= 15 is 0 Å². The lowest BCUT2D eigenvalue weighted by Gasteiger charge is -2.31. The summed E-state index contributed by atoms with van der Waals surface area (Å²) in [6, 6.07) is 7.44. The predicted molar refractivity (Wildman–Crippen MR) is 90.2 cm³/mol. The number of amides is 2. The monoisotopic (exact) mass is 318 g/mol. The normalized spacial score (nSPS) is 16.9. The Morgan fingerprint density at radius 2 is 1.70 bits per heavy atom. The Bertz CT molecular complexity index is 546. The molecule has 1 aromatic rings. The predicted octanol–water partition coefficient (Wildman–Crippen LogP) is 2.56. The van der Waals surface area contributed by atoms with Gasteiger partial charge in [-0.05, 0) is 36.5 Å². The molecular weight excluding hydrogens is 292 g/mol. The number of hydrogen-bond donors (Lipinski definition) is 3. The second-order valence-electron chi connectivity index (χ2n) is 6.70. The van der Waals surface area contributed by atoms with Crippen LogP contribution in [0.5, 0.6) is 0 Å². The number of rotatable bonds is 4. The number of aliphatic hydroxyl groups is 1. The first kappa shape index (κ1) is 17.5. The summed E-state index contributed by atoms with van der Waals surface area (Å²) >= 11 is 0. The third-order valence-corrected chi connectivity index (χ3v) is 4.40. The van der Waals surface area contributed by atoms with Gasteiger partial charge in [0.2, 0.25) is 0 Å². The Labute approximate surface area is 137 Å². The van der Waals surface area contributed by atoms with Crippen molar-refractivity contribution in [1.82, 2.24) is 5.32 Å². The zero-order chi connectivity index (χ0) is 16.9. The fourth-order valence-corrected chi connectivity index (χ4v) is 2.85. The fourth-order valence-electron chi connectivity index (χ4n) is 2.85. The average molecular weight is 318 g/mol. The summed E-state index contributed by atoms with van der Waals surface area (Å²) in [6.45, 7) is 4.32. The maximum Gasteiger partial charge on any atom is 0.313 e. The van der Waals surface area contributed by atoms with Gasteiger partial charge in [-0.25, -0.2) is 0 Å². The summed E-state index contributed by atoms with van der Waals surface area (Å²) in [5, 5.41) is 15.4. The van der Waals surface area contributed by atoms with Crippen LogP contribution in [0.1, 0.15) is 57.4 Å². The number of anilines is 1. The largest absolute Gasteiger partial charge is 0.388 e. The molecule has 0 radical (unpaired) electrons. The van der Waals surface area contributed by atoms with Gasteiger partial charge in [-0.1, -0.05) is 45.2 Å². The van der Waals surface area contributed by atoms with E-state index in [-0.39, 0.29) is 6.54 Å². The van der Waals surface area contributed by atoms with E-state index in [1.54, 1.807) is 12.1 Å². The zero-order valence-electron chi connectivity index (χ0n) is 13.9. The van der Waals surface area contributed by atoms with E-state index in [2.05, 4.69) is 24.5 Å². The molecule has 1 aliphatic rings. The highest BCUT2D eigenvalue weighted by molar-refractivity contribution is 6.39. The van der Waals surface area contributed by atoms with E-state index in [0.29, 0.717) is 24.4 Å². The molecule has 1 saturated carbocycles. The average Bonchev–Trinajstić information content (AvgIpc) is 2.54. The Hall–Kier alpha value is -1.88. The van der Waals surface area contributed by atoms with Crippen LogP contribution in [-0.2, 0) is 9.59 Å². The van der Waals surface area contributed by atoms with Gasteiger partial charge in [0.15, 0.2) is 0 Å². The molecule has 2 amide bonds. The molecule has 1 aliphatic carbocycles. The van der Waals surface area contributed by atoms with Gasteiger partial charge < -0.3 is 15.7 Å². The molecule has 0 unspecified atom stereocenters. The van der Waals surface area contributed by atoms with Crippen LogP contribution in [0.4, 0.5) is 5.69 Å². The summed E-state index contributed by atoms with van der Waals surface area (Å²) in [5.41, 5.74) is 0.894. The minimum Gasteiger partial charge on any atom is -0.388 e. The molecule has 0 spiro atoms. The van der Waals surface area contributed by atoms with Gasteiger partial charge in [0.1, 0.15) is 0 Å². The second-order valence-corrected chi connectivity index (χ2v) is 6.70. The van der Waals surface area contributed by atoms with Gasteiger partial charge in [0.25, 0.3) is 0 Å². The summed E-state index contributed by atoms with van der Waals surface area (Å²) in [5.74, 6) is -1.00. The highest BCUT2D eigenvalue weighted by Gasteiger charge is 2.30. The highest BCUT2D eigenvalue weighted by Crippen LogP contribution is 2.27. The van der Waals surface area contributed by atoms with Crippen molar-refractivity contribution in [3.05, 3.63) is 29.8 Å². The third-order valence-electron chi connectivity index (χ3n) is 4.40. The lowest BCUT2D eigenvalue weighted by molar-refractivity contribution is -0.137. The molecule has 5 heteroatoms. The van der Waals surface area contributed by atoms with E-state index in [0.717, 1.165) is 19.3 Å². The molecule has 0 bridgehead atoms. The smallest absolute Gasteiger partial charge is 0.313 e. The molecule has 0 aliphatic heterocycles. The molecule has 1 aromatic carbocycles. The molecule has 0 saturated heterocycles. The Morgan fingerprint density at radius 3 is 2.26 bits per heavy atom. The van der Waals surface area contributed by atoms with Crippen LogP contribution in [0, 0.1) is 0 Å². The molecule has 3 N–H and O–H groups in total. The Morgan fingerprint density at radius 1 is 1.09 bits per heavy atom. The molecule has 126 valence electrons. The molecule has 2 rings (SSSR count). The topological polar surface area (TPSA) is 78.4 Å². The molecule has 23 heavy (non-hydrogen) atoms. The minimum absolute atomic E-state index is 0.130. The van der Waals surface area contributed by atoms with E-state index < -0.39 is 17.4 Å². The second kappa shape index (κ2) is 7.59. The standard InChI is InChI=1S/C18H26N2O3/c1-13(2)14-6-8-15(9-7-14)20-17(22)16(21)19-12-18(23)10-4-3-5-11-18/h6-9,13,23H,3-5,10-12H2,1-2H3,(H,19,21)(H,20,22). The number of carbonyl (C=O) groups is 2. The lowest BCUT2D eigenvalue weighted by Crippen LogP contribution is -2.47. The fraction of sp³-hybridized carbons (Fsp3) is 0.556. The SMILES string of the molecule is CC(C)c1ccc(NC(=O)C(=O)NCC2(O)CCCCC2)cc1. The van der Waals surface area contributed by atoms with Crippen LogP contribution in [-0.4, -0.2) is 29.1 Å². The van der Waals surface area contributed by atoms with Crippen molar-refractivity contribution in [2.45, 2.75) is 57.5 Å². The van der Waals surface area contributed by atoms with Crippen LogP contribution in [0.15, 0.2) is 24.3 Å². The van der Waals surface area contributed by atoms with Crippen molar-refractivity contribution >= 4 is 17.5 Å². The number of nitrogens with one attached hydrogen (secondary N) is 2. The van der Waals surface area contributed by atoms with Crippen molar-refractivity contribution < 1.29 is 14.7 Å². The molecular formula is C18H26N2O3. The van der Waals surface area contributed by atoms with Crippen molar-refractivity contribution in [1.29, 1.82) is 0 Å². The quantitative estimate of drug-likeness (QED) is 0.747. The van der Waals surface area contributed by atoms with Gasteiger partial charge in [0, 0.05) is 12.2 Å².